The second-order valence-corrected chi connectivity index (χ2v) is 10.9. The van der Waals surface area contributed by atoms with Gasteiger partial charge in [-0.05, 0) is 49.2 Å². The molecule has 3 N–H and O–H groups in total. The standard InChI is InChI=1S/C22H22Cl2FN3O4S2/c23-15-3-4-19(14(8-15)2-1-6-27-7-5-22(26)29)32-20-10-18(25)21(9-17(20)24)34(30,31)12-16-11-33-13-28-16/h3-4,8-11,13,27H,1-2,5-7,12H2,(H2,26,29). The number of sulfone groups is 1. The van der Waals surface area contributed by atoms with Crippen LogP contribution in [0, 0.1) is 5.82 Å². The van der Waals surface area contributed by atoms with Gasteiger partial charge in [-0.25, -0.2) is 17.8 Å². The minimum Gasteiger partial charge on any atom is -0.455 e. The highest BCUT2D eigenvalue weighted by Crippen LogP contribution is 2.36. The number of nitrogens with one attached hydrogen (secondary N) is 1. The Kier molecular flexibility index (Phi) is 9.26. The third kappa shape index (κ3) is 7.38. The molecule has 7 nitrogen and oxygen atoms in total. The number of nitrogens with two attached hydrogens (primary N) is 1. The van der Waals surface area contributed by atoms with Crippen molar-refractivity contribution in [1.29, 1.82) is 0 Å². The summed E-state index contributed by atoms with van der Waals surface area (Å²) >= 11 is 13.6. The number of halogens is 3. The number of benzene rings is 2. The SMILES string of the molecule is NC(=O)CCNCCCc1cc(Cl)ccc1Oc1cc(F)c(S(=O)(=O)Cc2cscn2)cc1Cl. The van der Waals surface area contributed by atoms with Crippen LogP contribution in [-0.4, -0.2) is 32.4 Å². The second-order valence-electron chi connectivity index (χ2n) is 7.38. The number of amides is 1. The number of rotatable bonds is 12. The van der Waals surface area contributed by atoms with Crippen LogP contribution in [-0.2, 0) is 26.8 Å². The van der Waals surface area contributed by atoms with E-state index >= 15 is 0 Å². The summed E-state index contributed by atoms with van der Waals surface area (Å²) in [7, 11) is -3.99. The van der Waals surface area contributed by atoms with E-state index in [2.05, 4.69) is 10.3 Å². The molecule has 1 heterocycles. The molecule has 182 valence electrons. The molecule has 0 saturated carbocycles. The molecule has 34 heavy (non-hydrogen) atoms. The van der Waals surface area contributed by atoms with E-state index in [4.69, 9.17) is 33.7 Å². The summed E-state index contributed by atoms with van der Waals surface area (Å²) in [6.07, 6.45) is 1.55. The first-order valence-corrected chi connectivity index (χ1v) is 13.5. The number of ether oxygens (including phenoxy) is 1. The Hall–Kier alpha value is -2.24. The Morgan fingerprint density at radius 2 is 1.97 bits per heavy atom. The molecule has 0 aliphatic carbocycles. The maximum atomic E-state index is 14.8. The molecular weight excluding hydrogens is 524 g/mol. The molecule has 0 saturated heterocycles. The zero-order chi connectivity index (χ0) is 24.7. The van der Waals surface area contributed by atoms with Crippen LogP contribution in [0.3, 0.4) is 0 Å². The van der Waals surface area contributed by atoms with Crippen LogP contribution in [0.1, 0.15) is 24.1 Å². The lowest BCUT2D eigenvalue weighted by Gasteiger charge is -2.14. The van der Waals surface area contributed by atoms with Gasteiger partial charge in [0, 0.05) is 29.4 Å². The average molecular weight is 546 g/mol. The van der Waals surface area contributed by atoms with Crippen molar-refractivity contribution >= 4 is 50.3 Å². The molecule has 12 heteroatoms. The number of carbonyl (C=O) groups excluding carboxylic acids is 1. The lowest BCUT2D eigenvalue weighted by molar-refractivity contribution is -0.117. The molecule has 0 bridgehead atoms. The summed E-state index contributed by atoms with van der Waals surface area (Å²) in [6, 6.07) is 7.01. The van der Waals surface area contributed by atoms with E-state index in [9.17, 15) is 17.6 Å². The van der Waals surface area contributed by atoms with Gasteiger partial charge in [0.05, 0.1) is 22.0 Å². The van der Waals surface area contributed by atoms with Crippen LogP contribution >= 0.6 is 34.5 Å². The molecule has 0 aliphatic heterocycles. The highest BCUT2D eigenvalue weighted by Gasteiger charge is 2.24. The molecule has 0 spiro atoms. The van der Waals surface area contributed by atoms with E-state index in [1.807, 2.05) is 0 Å². The van der Waals surface area contributed by atoms with Gasteiger partial charge in [-0.3, -0.25) is 4.79 Å². The van der Waals surface area contributed by atoms with Crippen LogP contribution in [0.15, 0.2) is 46.1 Å². The number of thiazole rings is 1. The quantitative estimate of drug-likeness (QED) is 0.317. The van der Waals surface area contributed by atoms with E-state index in [-0.39, 0.29) is 23.1 Å². The third-order valence-electron chi connectivity index (χ3n) is 4.73. The summed E-state index contributed by atoms with van der Waals surface area (Å²) in [5.41, 5.74) is 7.71. The molecule has 1 aromatic heterocycles. The second kappa shape index (κ2) is 11.9. The van der Waals surface area contributed by atoms with Crippen molar-refractivity contribution in [2.75, 3.05) is 13.1 Å². The van der Waals surface area contributed by atoms with Crippen LogP contribution in [0.4, 0.5) is 4.39 Å². The van der Waals surface area contributed by atoms with Crippen LogP contribution in [0.2, 0.25) is 10.0 Å². The summed E-state index contributed by atoms with van der Waals surface area (Å²) in [5.74, 6) is -1.37. The van der Waals surface area contributed by atoms with Gasteiger partial charge < -0.3 is 15.8 Å². The van der Waals surface area contributed by atoms with E-state index in [0.717, 1.165) is 17.7 Å². The fraction of sp³-hybridized carbons (Fsp3) is 0.273. The molecule has 0 aliphatic rings. The summed E-state index contributed by atoms with van der Waals surface area (Å²) in [6.45, 7) is 1.13. The van der Waals surface area contributed by atoms with Crippen LogP contribution in [0.25, 0.3) is 0 Å². The van der Waals surface area contributed by atoms with Gasteiger partial charge in [0.25, 0.3) is 0 Å². The molecule has 2 aromatic carbocycles. The van der Waals surface area contributed by atoms with Gasteiger partial charge in [0.2, 0.25) is 5.91 Å². The molecule has 1 amide bonds. The normalized spacial score (nSPS) is 11.5. The smallest absolute Gasteiger partial charge is 0.218 e. The Labute approximate surface area is 211 Å². The Morgan fingerprint density at radius 3 is 2.68 bits per heavy atom. The first kappa shape index (κ1) is 26.4. The van der Waals surface area contributed by atoms with Gasteiger partial charge in [-0.15, -0.1) is 11.3 Å². The summed E-state index contributed by atoms with van der Waals surface area (Å²) in [5, 5.41) is 5.16. The minimum atomic E-state index is -3.99. The number of hydrogen-bond donors (Lipinski definition) is 2. The Bertz CT molecular complexity index is 1260. The molecule has 0 radical (unpaired) electrons. The van der Waals surface area contributed by atoms with Crippen molar-refractivity contribution in [3.63, 3.8) is 0 Å². The number of primary amides is 1. The number of carbonyl (C=O) groups is 1. The first-order chi connectivity index (χ1) is 16.2. The predicted molar refractivity (Wildman–Crippen MR) is 131 cm³/mol. The first-order valence-electron chi connectivity index (χ1n) is 10.2. The zero-order valence-electron chi connectivity index (χ0n) is 17.9. The Balaban J connectivity index is 1.74. The van der Waals surface area contributed by atoms with Crippen molar-refractivity contribution in [3.8, 4) is 11.5 Å². The number of aromatic nitrogens is 1. The largest absolute Gasteiger partial charge is 0.455 e. The van der Waals surface area contributed by atoms with Gasteiger partial charge in [-0.2, -0.15) is 0 Å². The predicted octanol–water partition coefficient (Wildman–Crippen LogP) is 4.75. The fourth-order valence-corrected chi connectivity index (χ4v) is 5.59. The zero-order valence-corrected chi connectivity index (χ0v) is 21.0. The molecule has 3 aromatic rings. The third-order valence-corrected chi connectivity index (χ3v) is 7.56. The van der Waals surface area contributed by atoms with Crippen LogP contribution in [0.5, 0.6) is 11.5 Å². The number of hydrogen-bond acceptors (Lipinski definition) is 7. The number of aryl methyl sites for hydroxylation is 1. The average Bonchev–Trinajstić information content (AvgIpc) is 3.26. The molecule has 0 fully saturated rings. The van der Waals surface area contributed by atoms with Gasteiger partial charge >= 0.3 is 0 Å². The topological polar surface area (TPSA) is 111 Å². The maximum Gasteiger partial charge on any atom is 0.218 e. The maximum absolute atomic E-state index is 14.8. The monoisotopic (exact) mass is 545 g/mol. The van der Waals surface area contributed by atoms with Crippen molar-refractivity contribution in [2.24, 2.45) is 5.73 Å². The lowest BCUT2D eigenvalue weighted by atomic mass is 10.1. The summed E-state index contributed by atoms with van der Waals surface area (Å²) in [4.78, 5) is 14.2. The van der Waals surface area contributed by atoms with E-state index in [0.29, 0.717) is 42.4 Å². The summed E-state index contributed by atoms with van der Waals surface area (Å²) < 4.78 is 45.9. The van der Waals surface area contributed by atoms with Crippen molar-refractivity contribution < 1.29 is 22.3 Å². The number of nitrogens with zero attached hydrogens (tertiary/aromatic N) is 1. The molecule has 0 atom stereocenters. The fourth-order valence-electron chi connectivity index (χ4n) is 3.11. The van der Waals surface area contributed by atoms with Crippen molar-refractivity contribution in [1.82, 2.24) is 10.3 Å². The van der Waals surface area contributed by atoms with Gasteiger partial charge in [-0.1, -0.05) is 23.2 Å². The molecule has 3 rings (SSSR count). The van der Waals surface area contributed by atoms with Gasteiger partial charge in [0.15, 0.2) is 9.84 Å². The van der Waals surface area contributed by atoms with Gasteiger partial charge in [0.1, 0.15) is 22.2 Å². The Morgan fingerprint density at radius 1 is 1.18 bits per heavy atom. The molecule has 0 unspecified atom stereocenters. The van der Waals surface area contributed by atoms with E-state index in [1.54, 1.807) is 23.6 Å². The highest BCUT2D eigenvalue weighted by atomic mass is 35.5. The van der Waals surface area contributed by atoms with E-state index in [1.165, 1.54) is 16.8 Å². The minimum absolute atomic E-state index is 0.0186. The van der Waals surface area contributed by atoms with E-state index < -0.39 is 26.3 Å². The molecular formula is C22H22Cl2FN3O4S2. The highest BCUT2D eigenvalue weighted by molar-refractivity contribution is 7.90. The lowest BCUT2D eigenvalue weighted by Crippen LogP contribution is -2.23. The van der Waals surface area contributed by atoms with Crippen molar-refractivity contribution in [2.45, 2.75) is 29.9 Å². The van der Waals surface area contributed by atoms with Crippen LogP contribution < -0.4 is 15.8 Å². The van der Waals surface area contributed by atoms with Crippen molar-refractivity contribution in [3.05, 3.63) is 68.3 Å².